The number of aromatic nitrogens is 3. The number of para-hydroxylation sites is 1. The number of halogens is 4. The average molecular weight is 314 g/mol. The van der Waals surface area contributed by atoms with Crippen molar-refractivity contribution in [2.24, 2.45) is 0 Å². The molecule has 0 unspecified atom stereocenters. The largest absolute Gasteiger partial charge is 0.493 e. The van der Waals surface area contributed by atoms with Crippen molar-refractivity contribution < 1.29 is 18.3 Å². The van der Waals surface area contributed by atoms with Crippen molar-refractivity contribution in [3.8, 4) is 11.6 Å². The van der Waals surface area contributed by atoms with Gasteiger partial charge in [-0.1, -0.05) is 12.1 Å². The monoisotopic (exact) mass is 313 g/mol. The highest BCUT2D eigenvalue weighted by molar-refractivity contribution is 6.29. The van der Waals surface area contributed by atoms with Gasteiger partial charge in [-0.25, -0.2) is 4.98 Å². The van der Waals surface area contributed by atoms with E-state index >= 15 is 0 Å². The van der Waals surface area contributed by atoms with Crippen LogP contribution in [0.3, 0.4) is 0 Å². The maximum Gasteiger partial charge on any atom is 0.418 e. The van der Waals surface area contributed by atoms with Crippen molar-refractivity contribution in [1.29, 1.82) is 0 Å². The van der Waals surface area contributed by atoms with E-state index < -0.39 is 11.7 Å². The van der Waals surface area contributed by atoms with Crippen molar-refractivity contribution in [3.05, 3.63) is 47.2 Å². The number of pyridine rings is 1. The molecule has 4 nitrogen and oxygen atoms in total. The smallest absolute Gasteiger partial charge is 0.418 e. The maximum atomic E-state index is 13.1. The minimum Gasteiger partial charge on any atom is -0.493 e. The number of imidazole rings is 1. The average Bonchev–Trinajstić information content (AvgIpc) is 2.73. The van der Waals surface area contributed by atoms with Crippen molar-refractivity contribution in [2.45, 2.75) is 6.18 Å². The highest BCUT2D eigenvalue weighted by Crippen LogP contribution is 2.36. The number of fused-ring (bicyclic) bond motifs is 1. The fraction of sp³-hybridized carbons (Fsp3) is 0.0769. The highest BCUT2D eigenvalue weighted by Gasteiger charge is 2.34. The number of hydrogen-bond donors (Lipinski definition) is 1. The molecule has 8 heteroatoms. The minimum absolute atomic E-state index is 0.0525. The summed E-state index contributed by atoms with van der Waals surface area (Å²) in [7, 11) is 0. The summed E-state index contributed by atoms with van der Waals surface area (Å²) < 4.78 is 40.4. The van der Waals surface area contributed by atoms with Gasteiger partial charge in [0.2, 0.25) is 11.2 Å². The third kappa shape index (κ3) is 2.29. The minimum atomic E-state index is -4.55. The molecule has 3 rings (SSSR count). The molecule has 0 aliphatic carbocycles. The van der Waals surface area contributed by atoms with Crippen LogP contribution in [0.2, 0.25) is 5.28 Å². The highest BCUT2D eigenvalue weighted by atomic mass is 35.5. The lowest BCUT2D eigenvalue weighted by Gasteiger charge is -2.14. The first-order chi connectivity index (χ1) is 9.88. The van der Waals surface area contributed by atoms with Gasteiger partial charge in [-0.05, 0) is 29.8 Å². The van der Waals surface area contributed by atoms with Crippen LogP contribution in [0.5, 0.6) is 5.88 Å². The number of nitrogens with zero attached hydrogens (tertiary/aromatic N) is 3. The van der Waals surface area contributed by atoms with E-state index in [-0.39, 0.29) is 28.0 Å². The van der Waals surface area contributed by atoms with E-state index in [9.17, 15) is 18.3 Å². The fourth-order valence-electron chi connectivity index (χ4n) is 2.04. The van der Waals surface area contributed by atoms with Gasteiger partial charge in [-0.2, -0.15) is 18.2 Å². The Morgan fingerprint density at radius 3 is 2.48 bits per heavy atom. The summed E-state index contributed by atoms with van der Waals surface area (Å²) in [5.74, 6) is -0.329. The number of hydrogen-bond acceptors (Lipinski definition) is 3. The molecule has 2 heterocycles. The van der Waals surface area contributed by atoms with Crippen LogP contribution in [0.15, 0.2) is 36.4 Å². The summed E-state index contributed by atoms with van der Waals surface area (Å²) in [6.07, 6.45) is -4.55. The van der Waals surface area contributed by atoms with E-state index in [1.165, 1.54) is 30.3 Å². The second-order valence-electron chi connectivity index (χ2n) is 4.24. The van der Waals surface area contributed by atoms with Crippen LogP contribution >= 0.6 is 11.6 Å². The molecular formula is C13H7ClF3N3O. The molecule has 1 N–H and O–H groups in total. The Hall–Kier alpha value is -2.28. The van der Waals surface area contributed by atoms with Crippen LogP contribution in [0.25, 0.3) is 16.9 Å². The summed E-state index contributed by atoms with van der Waals surface area (Å²) in [6, 6.07) is 7.66. The molecule has 0 saturated heterocycles. The molecule has 0 atom stereocenters. The lowest BCUT2D eigenvalue weighted by molar-refractivity contribution is -0.137. The summed E-state index contributed by atoms with van der Waals surface area (Å²) in [5.41, 5.74) is -0.724. The van der Waals surface area contributed by atoms with Crippen molar-refractivity contribution in [3.63, 3.8) is 0 Å². The molecule has 0 saturated carbocycles. The van der Waals surface area contributed by atoms with Crippen LogP contribution in [-0.4, -0.2) is 19.6 Å². The lowest BCUT2D eigenvalue weighted by atomic mass is 10.1. The first-order valence-electron chi connectivity index (χ1n) is 5.78. The molecule has 2 aromatic heterocycles. The van der Waals surface area contributed by atoms with Crippen LogP contribution in [0, 0.1) is 0 Å². The Kier molecular flexibility index (Phi) is 3.02. The molecule has 3 aromatic rings. The Labute approximate surface area is 121 Å². The molecule has 0 amide bonds. The van der Waals surface area contributed by atoms with Gasteiger partial charge in [-0.15, -0.1) is 0 Å². The molecule has 108 valence electrons. The zero-order valence-electron chi connectivity index (χ0n) is 10.3. The summed E-state index contributed by atoms with van der Waals surface area (Å²) in [4.78, 5) is 7.74. The van der Waals surface area contributed by atoms with Crippen LogP contribution in [-0.2, 0) is 6.18 Å². The Balaban J connectivity index is 2.36. The normalized spacial score (nSPS) is 12.0. The summed E-state index contributed by atoms with van der Waals surface area (Å²) in [6.45, 7) is 0. The molecule has 0 aliphatic heterocycles. The third-order valence-corrected chi connectivity index (χ3v) is 3.15. The molecular weight excluding hydrogens is 307 g/mol. The summed E-state index contributed by atoms with van der Waals surface area (Å²) >= 11 is 5.94. The number of rotatable bonds is 1. The molecule has 21 heavy (non-hydrogen) atoms. The first-order valence-corrected chi connectivity index (χ1v) is 6.16. The number of alkyl halides is 3. The molecule has 0 spiro atoms. The Morgan fingerprint density at radius 2 is 1.76 bits per heavy atom. The quantitative estimate of drug-likeness (QED) is 0.743. The SMILES string of the molecule is Oc1ccc2nc(Cl)n(-c3ccccc3C(F)(F)F)c2n1. The maximum absolute atomic E-state index is 13.1. The van der Waals surface area contributed by atoms with E-state index in [1.807, 2.05) is 0 Å². The van der Waals surface area contributed by atoms with Gasteiger partial charge in [0.05, 0.1) is 11.3 Å². The van der Waals surface area contributed by atoms with Crippen LogP contribution < -0.4 is 0 Å². The molecule has 1 aromatic carbocycles. The predicted molar refractivity (Wildman–Crippen MR) is 70.5 cm³/mol. The summed E-state index contributed by atoms with van der Waals surface area (Å²) in [5, 5.41) is 9.26. The standard InChI is InChI=1S/C13H7ClF3N3O/c14-12-18-8-5-6-10(21)19-11(8)20(12)9-4-2-1-3-7(9)13(15,16)17/h1-6H,(H,19,21). The second kappa shape index (κ2) is 4.63. The van der Waals surface area contributed by atoms with Gasteiger partial charge in [0.1, 0.15) is 5.52 Å². The van der Waals surface area contributed by atoms with Crippen molar-refractivity contribution in [1.82, 2.24) is 14.5 Å². The van der Waals surface area contributed by atoms with E-state index in [1.54, 1.807) is 0 Å². The number of aromatic hydroxyl groups is 1. The van der Waals surface area contributed by atoms with E-state index in [2.05, 4.69) is 9.97 Å². The van der Waals surface area contributed by atoms with Gasteiger partial charge in [0.25, 0.3) is 0 Å². The number of benzene rings is 1. The van der Waals surface area contributed by atoms with Crippen molar-refractivity contribution in [2.75, 3.05) is 0 Å². The van der Waals surface area contributed by atoms with Gasteiger partial charge in [0.15, 0.2) is 5.65 Å². The third-order valence-electron chi connectivity index (χ3n) is 2.90. The lowest BCUT2D eigenvalue weighted by Crippen LogP contribution is -2.11. The van der Waals surface area contributed by atoms with Gasteiger partial charge in [0, 0.05) is 6.07 Å². The second-order valence-corrected chi connectivity index (χ2v) is 4.58. The molecule has 0 aliphatic rings. The Morgan fingerprint density at radius 1 is 1.05 bits per heavy atom. The van der Waals surface area contributed by atoms with Gasteiger partial charge in [-0.3, -0.25) is 4.57 Å². The van der Waals surface area contributed by atoms with E-state index in [0.717, 1.165) is 10.6 Å². The van der Waals surface area contributed by atoms with Crippen LogP contribution in [0.4, 0.5) is 13.2 Å². The van der Waals surface area contributed by atoms with Crippen molar-refractivity contribution >= 4 is 22.8 Å². The van der Waals surface area contributed by atoms with Crippen LogP contribution in [0.1, 0.15) is 5.56 Å². The topological polar surface area (TPSA) is 50.9 Å². The first kappa shape index (κ1) is 13.7. The predicted octanol–water partition coefficient (Wildman–Crippen LogP) is 3.80. The van der Waals surface area contributed by atoms with Gasteiger partial charge >= 0.3 is 6.18 Å². The Bertz CT molecular complexity index is 829. The molecule has 0 fully saturated rings. The van der Waals surface area contributed by atoms with E-state index in [4.69, 9.17) is 11.6 Å². The zero-order chi connectivity index (χ0) is 15.2. The molecule has 0 radical (unpaired) electrons. The molecule has 0 bridgehead atoms. The van der Waals surface area contributed by atoms with Gasteiger partial charge < -0.3 is 5.11 Å². The fourth-order valence-corrected chi connectivity index (χ4v) is 2.30. The van der Waals surface area contributed by atoms with E-state index in [0.29, 0.717) is 0 Å². The zero-order valence-corrected chi connectivity index (χ0v) is 11.0.